The number of carbonyl (C=O) groups excluding carboxylic acids is 2. The summed E-state index contributed by atoms with van der Waals surface area (Å²) < 4.78 is 8.48. The molecule has 1 atom stereocenters. The van der Waals surface area contributed by atoms with Crippen molar-refractivity contribution in [2.75, 3.05) is 19.0 Å². The van der Waals surface area contributed by atoms with Gasteiger partial charge in [0.25, 0.3) is 5.91 Å². The van der Waals surface area contributed by atoms with E-state index < -0.39 is 6.04 Å². The lowest BCUT2D eigenvalue weighted by molar-refractivity contribution is -0.119. The Bertz CT molecular complexity index is 1370. The van der Waals surface area contributed by atoms with Crippen LogP contribution in [0.15, 0.2) is 78.0 Å². The second kappa shape index (κ2) is 9.40. The van der Waals surface area contributed by atoms with E-state index in [1.165, 1.54) is 12.0 Å². The molecule has 2 heterocycles. The molecule has 0 aliphatic carbocycles. The Morgan fingerprint density at radius 1 is 1.00 bits per heavy atom. The maximum atomic E-state index is 13.4. The van der Waals surface area contributed by atoms with Crippen LogP contribution in [-0.4, -0.2) is 50.9 Å². The minimum absolute atomic E-state index is 0.216. The predicted molar refractivity (Wildman–Crippen MR) is 132 cm³/mol. The first-order chi connectivity index (χ1) is 16.6. The topological polar surface area (TPSA) is 96.8 Å². The molecule has 1 aliphatic rings. The van der Waals surface area contributed by atoms with Gasteiger partial charge in [-0.1, -0.05) is 53.7 Å². The highest BCUT2D eigenvalue weighted by Crippen LogP contribution is 2.26. The van der Waals surface area contributed by atoms with Gasteiger partial charge in [0.2, 0.25) is 5.91 Å². The van der Waals surface area contributed by atoms with Crippen LogP contribution in [0.5, 0.6) is 0 Å². The van der Waals surface area contributed by atoms with Gasteiger partial charge < -0.3 is 15.1 Å². The molecule has 170 valence electrons. The first-order valence-corrected chi connectivity index (χ1v) is 11.4. The molecular weight excluding hydrogens is 450 g/mol. The van der Waals surface area contributed by atoms with Gasteiger partial charge in [-0.25, -0.2) is 0 Å². The van der Waals surface area contributed by atoms with Crippen LogP contribution in [0.1, 0.15) is 16.8 Å². The van der Waals surface area contributed by atoms with Crippen molar-refractivity contribution in [3.05, 3.63) is 78.4 Å². The van der Waals surface area contributed by atoms with E-state index in [-0.39, 0.29) is 18.4 Å². The standard InChI is InChI=1S/C25H21N5O3S/c1-33-27-19-14-22(24(31)26-20-8-5-9-21-23(20)29-34-28-21)30(15-19)25(32)18-12-10-17(11-13-18)16-6-3-2-4-7-16/h2-13,22H,14-15H2,1H3,(H,26,31)/b27-19+. The number of likely N-dealkylation sites (tertiary alicyclic amines) is 1. The highest BCUT2D eigenvalue weighted by Gasteiger charge is 2.38. The maximum Gasteiger partial charge on any atom is 0.254 e. The molecule has 1 aromatic heterocycles. The summed E-state index contributed by atoms with van der Waals surface area (Å²) in [5, 5.41) is 6.93. The molecular formula is C25H21N5O3S. The Morgan fingerprint density at radius 3 is 2.53 bits per heavy atom. The molecule has 1 saturated heterocycles. The summed E-state index contributed by atoms with van der Waals surface area (Å²) in [6, 6.07) is 22.0. The van der Waals surface area contributed by atoms with Crippen molar-refractivity contribution in [1.82, 2.24) is 13.6 Å². The van der Waals surface area contributed by atoms with Gasteiger partial charge in [0, 0.05) is 12.0 Å². The van der Waals surface area contributed by atoms with Crippen molar-refractivity contribution in [1.29, 1.82) is 0 Å². The number of anilines is 1. The van der Waals surface area contributed by atoms with E-state index in [0.717, 1.165) is 22.9 Å². The molecule has 0 radical (unpaired) electrons. The summed E-state index contributed by atoms with van der Waals surface area (Å²) in [6.07, 6.45) is 0.290. The fourth-order valence-electron chi connectivity index (χ4n) is 4.07. The van der Waals surface area contributed by atoms with Crippen molar-refractivity contribution >= 4 is 46.0 Å². The van der Waals surface area contributed by atoms with E-state index in [1.54, 1.807) is 18.2 Å². The van der Waals surface area contributed by atoms with E-state index in [2.05, 4.69) is 19.2 Å². The highest BCUT2D eigenvalue weighted by atomic mass is 32.1. The van der Waals surface area contributed by atoms with Crippen LogP contribution in [0, 0.1) is 0 Å². The number of benzene rings is 3. The third-order valence-corrected chi connectivity index (χ3v) is 6.27. The number of aromatic nitrogens is 2. The van der Waals surface area contributed by atoms with Gasteiger partial charge in [0.1, 0.15) is 24.2 Å². The third kappa shape index (κ3) is 4.25. The van der Waals surface area contributed by atoms with Gasteiger partial charge >= 0.3 is 0 Å². The van der Waals surface area contributed by atoms with Crippen LogP contribution >= 0.6 is 11.7 Å². The van der Waals surface area contributed by atoms with Crippen LogP contribution in [0.3, 0.4) is 0 Å². The van der Waals surface area contributed by atoms with E-state index in [1.807, 2.05) is 54.6 Å². The summed E-state index contributed by atoms with van der Waals surface area (Å²) in [5.41, 5.74) is 5.11. The molecule has 8 nitrogen and oxygen atoms in total. The van der Waals surface area contributed by atoms with Gasteiger partial charge in [0.15, 0.2) is 0 Å². The normalized spacial score (nSPS) is 16.7. The number of hydrogen-bond donors (Lipinski definition) is 1. The zero-order chi connectivity index (χ0) is 23.5. The number of nitrogens with one attached hydrogen (secondary N) is 1. The summed E-state index contributed by atoms with van der Waals surface area (Å²) in [6.45, 7) is 0.216. The second-order valence-electron chi connectivity index (χ2n) is 7.86. The quantitative estimate of drug-likeness (QED) is 0.440. The molecule has 1 fully saturated rings. The van der Waals surface area contributed by atoms with E-state index >= 15 is 0 Å². The fourth-order valence-corrected chi connectivity index (χ4v) is 4.62. The number of oxime groups is 1. The minimum Gasteiger partial charge on any atom is -0.399 e. The van der Waals surface area contributed by atoms with E-state index in [9.17, 15) is 9.59 Å². The summed E-state index contributed by atoms with van der Waals surface area (Å²) in [5.74, 6) is -0.550. The average Bonchev–Trinajstić information content (AvgIpc) is 3.53. The molecule has 3 aromatic carbocycles. The van der Waals surface area contributed by atoms with Crippen LogP contribution in [-0.2, 0) is 9.63 Å². The Hall–Kier alpha value is -4.11. The van der Waals surface area contributed by atoms with E-state index in [4.69, 9.17) is 4.84 Å². The number of nitrogens with zero attached hydrogens (tertiary/aromatic N) is 4. The molecule has 1 N–H and O–H groups in total. The number of rotatable bonds is 5. The summed E-state index contributed by atoms with van der Waals surface area (Å²) >= 11 is 1.08. The van der Waals surface area contributed by atoms with Crippen LogP contribution < -0.4 is 5.32 Å². The van der Waals surface area contributed by atoms with E-state index in [0.29, 0.717) is 34.4 Å². The smallest absolute Gasteiger partial charge is 0.254 e. The first-order valence-electron chi connectivity index (χ1n) is 10.7. The van der Waals surface area contributed by atoms with Crippen LogP contribution in [0.4, 0.5) is 5.69 Å². The lowest BCUT2D eigenvalue weighted by atomic mass is 10.0. The lowest BCUT2D eigenvalue weighted by Crippen LogP contribution is -2.43. The molecule has 2 amide bonds. The Labute approximate surface area is 200 Å². The maximum absolute atomic E-state index is 13.4. The number of amides is 2. The molecule has 0 spiro atoms. The highest BCUT2D eigenvalue weighted by molar-refractivity contribution is 7.00. The van der Waals surface area contributed by atoms with Gasteiger partial charge in [0.05, 0.1) is 29.7 Å². The molecule has 0 saturated carbocycles. The second-order valence-corrected chi connectivity index (χ2v) is 8.39. The SMILES string of the molecule is CO/N=C1\CC(C(=O)Nc2cccc3nsnc23)N(C(=O)c2ccc(-c3ccccc3)cc2)C1. The van der Waals surface area contributed by atoms with Gasteiger partial charge in [-0.05, 0) is 35.4 Å². The fraction of sp³-hybridized carbons (Fsp3) is 0.160. The number of hydrogen-bond acceptors (Lipinski definition) is 7. The summed E-state index contributed by atoms with van der Waals surface area (Å²) in [7, 11) is 1.45. The Kier molecular flexibility index (Phi) is 6.01. The van der Waals surface area contributed by atoms with Crippen molar-refractivity contribution in [3.63, 3.8) is 0 Å². The predicted octanol–water partition coefficient (Wildman–Crippen LogP) is 4.21. The minimum atomic E-state index is -0.725. The lowest BCUT2D eigenvalue weighted by Gasteiger charge is -2.23. The molecule has 0 bridgehead atoms. The van der Waals surface area contributed by atoms with Gasteiger partial charge in [-0.3, -0.25) is 9.59 Å². The molecule has 1 aliphatic heterocycles. The van der Waals surface area contributed by atoms with Crippen LogP contribution in [0.25, 0.3) is 22.2 Å². The molecule has 4 aromatic rings. The monoisotopic (exact) mass is 471 g/mol. The number of fused-ring (bicyclic) bond motifs is 1. The first kappa shape index (κ1) is 21.7. The Morgan fingerprint density at radius 2 is 1.76 bits per heavy atom. The van der Waals surface area contributed by atoms with Gasteiger partial charge in [-0.15, -0.1) is 0 Å². The van der Waals surface area contributed by atoms with Crippen molar-refractivity contribution in [2.45, 2.75) is 12.5 Å². The zero-order valence-corrected chi connectivity index (χ0v) is 19.2. The van der Waals surface area contributed by atoms with Crippen molar-refractivity contribution in [3.8, 4) is 11.1 Å². The molecule has 5 rings (SSSR count). The largest absolute Gasteiger partial charge is 0.399 e. The third-order valence-electron chi connectivity index (χ3n) is 5.72. The van der Waals surface area contributed by atoms with Crippen LogP contribution in [0.2, 0.25) is 0 Å². The molecule has 1 unspecified atom stereocenters. The van der Waals surface area contributed by atoms with Gasteiger partial charge in [-0.2, -0.15) is 8.75 Å². The van der Waals surface area contributed by atoms with Crippen molar-refractivity contribution < 1.29 is 14.4 Å². The van der Waals surface area contributed by atoms with Crippen molar-refractivity contribution in [2.24, 2.45) is 5.16 Å². The Balaban J connectivity index is 1.39. The zero-order valence-electron chi connectivity index (χ0n) is 18.3. The molecule has 34 heavy (non-hydrogen) atoms. The summed E-state index contributed by atoms with van der Waals surface area (Å²) in [4.78, 5) is 33.1. The molecule has 9 heteroatoms. The number of carbonyl (C=O) groups is 2. The average molecular weight is 472 g/mol.